The number of esters is 2. The largest absolute Gasteiger partial charge is 0.465 e. The second kappa shape index (κ2) is 10.1. The van der Waals surface area contributed by atoms with Crippen molar-refractivity contribution in [3.05, 3.63) is 0 Å². The Labute approximate surface area is 102 Å². The van der Waals surface area contributed by atoms with E-state index in [2.05, 4.69) is 9.47 Å². The Hall–Kier alpha value is -1.10. The van der Waals surface area contributed by atoms with E-state index < -0.39 is 17.9 Å². The summed E-state index contributed by atoms with van der Waals surface area (Å²) in [5.41, 5.74) is 0. The highest BCUT2D eigenvalue weighted by Gasteiger charge is 2.23. The third-order valence-corrected chi connectivity index (χ3v) is 2.11. The highest BCUT2D eigenvalue weighted by Crippen LogP contribution is 2.01. The molecule has 0 amide bonds. The van der Waals surface area contributed by atoms with Crippen molar-refractivity contribution in [1.82, 2.24) is 0 Å². The van der Waals surface area contributed by atoms with Gasteiger partial charge in [-0.3, -0.25) is 9.59 Å². The Morgan fingerprint density at radius 2 is 1.47 bits per heavy atom. The van der Waals surface area contributed by atoms with Crippen molar-refractivity contribution in [2.75, 3.05) is 26.4 Å². The van der Waals surface area contributed by atoms with Gasteiger partial charge in [-0.25, -0.2) is 0 Å². The summed E-state index contributed by atoms with van der Waals surface area (Å²) in [5, 5.41) is 0. The van der Waals surface area contributed by atoms with Crippen LogP contribution in [0.5, 0.6) is 0 Å². The monoisotopic (exact) mass is 246 g/mol. The van der Waals surface area contributed by atoms with Crippen molar-refractivity contribution in [1.29, 1.82) is 0 Å². The molecule has 1 rings (SSSR count). The number of hydrogen-bond acceptors (Lipinski definition) is 5. The third kappa shape index (κ3) is 7.74. The van der Waals surface area contributed by atoms with Gasteiger partial charge in [0.15, 0.2) is 5.92 Å². The zero-order valence-electron chi connectivity index (χ0n) is 10.9. The summed E-state index contributed by atoms with van der Waals surface area (Å²) < 4.78 is 14.2. The third-order valence-electron chi connectivity index (χ3n) is 2.11. The van der Waals surface area contributed by atoms with E-state index in [0.717, 1.165) is 13.2 Å². The summed E-state index contributed by atoms with van der Waals surface area (Å²) in [5.74, 6) is -1.88. The molecule has 0 bridgehead atoms. The molecule has 100 valence electrons. The summed E-state index contributed by atoms with van der Waals surface area (Å²) in [4.78, 5) is 21.9. The minimum Gasteiger partial charge on any atom is -0.465 e. The van der Waals surface area contributed by atoms with Crippen LogP contribution in [0.3, 0.4) is 0 Å². The molecular formula is C12H22O5. The fourth-order valence-corrected chi connectivity index (χ4v) is 1.14. The Morgan fingerprint density at radius 1 is 1.06 bits per heavy atom. The first-order chi connectivity index (χ1) is 8.13. The van der Waals surface area contributed by atoms with Crippen LogP contribution in [-0.2, 0) is 23.8 Å². The summed E-state index contributed by atoms with van der Waals surface area (Å²) in [7, 11) is 0. The van der Waals surface area contributed by atoms with Crippen molar-refractivity contribution in [3.63, 3.8) is 0 Å². The molecule has 1 aliphatic heterocycles. The molecule has 0 aromatic carbocycles. The van der Waals surface area contributed by atoms with Gasteiger partial charge >= 0.3 is 11.9 Å². The molecule has 0 unspecified atom stereocenters. The predicted octanol–water partition coefficient (Wildman–Crippen LogP) is 1.55. The smallest absolute Gasteiger partial charge is 0.320 e. The lowest BCUT2D eigenvalue weighted by molar-refractivity contribution is -0.160. The highest BCUT2D eigenvalue weighted by molar-refractivity contribution is 5.94. The van der Waals surface area contributed by atoms with E-state index in [1.54, 1.807) is 13.8 Å². The number of hydrogen-bond donors (Lipinski definition) is 0. The van der Waals surface area contributed by atoms with Crippen molar-refractivity contribution in [2.24, 2.45) is 5.92 Å². The van der Waals surface area contributed by atoms with Crippen LogP contribution in [0.15, 0.2) is 0 Å². The zero-order chi connectivity index (χ0) is 13.1. The molecule has 0 atom stereocenters. The van der Waals surface area contributed by atoms with E-state index in [4.69, 9.17) is 4.74 Å². The van der Waals surface area contributed by atoms with E-state index in [-0.39, 0.29) is 13.2 Å². The highest BCUT2D eigenvalue weighted by atomic mass is 16.6. The van der Waals surface area contributed by atoms with Crippen LogP contribution >= 0.6 is 0 Å². The molecule has 1 heterocycles. The van der Waals surface area contributed by atoms with Crippen molar-refractivity contribution in [2.45, 2.75) is 33.6 Å². The number of ether oxygens (including phenoxy) is 3. The summed E-state index contributed by atoms with van der Waals surface area (Å²) in [6, 6.07) is 0. The van der Waals surface area contributed by atoms with Gasteiger partial charge in [0.2, 0.25) is 0 Å². The van der Waals surface area contributed by atoms with Crippen LogP contribution in [0.4, 0.5) is 0 Å². The minimum atomic E-state index is -0.815. The van der Waals surface area contributed by atoms with Gasteiger partial charge in [0.25, 0.3) is 0 Å². The van der Waals surface area contributed by atoms with E-state index in [0.29, 0.717) is 0 Å². The zero-order valence-corrected chi connectivity index (χ0v) is 10.9. The fraction of sp³-hybridized carbons (Fsp3) is 0.833. The molecule has 0 aromatic rings. The SMILES string of the molecule is C1CCOC1.CCOC(=O)C(C)C(=O)OCC. The molecule has 0 saturated carbocycles. The lowest BCUT2D eigenvalue weighted by Crippen LogP contribution is -2.25. The van der Waals surface area contributed by atoms with Crippen LogP contribution < -0.4 is 0 Å². The van der Waals surface area contributed by atoms with Gasteiger partial charge in [-0.1, -0.05) is 0 Å². The van der Waals surface area contributed by atoms with Gasteiger partial charge in [0, 0.05) is 13.2 Å². The molecule has 1 aliphatic rings. The van der Waals surface area contributed by atoms with E-state index >= 15 is 0 Å². The lowest BCUT2D eigenvalue weighted by atomic mass is 10.2. The van der Waals surface area contributed by atoms with E-state index in [1.165, 1.54) is 19.8 Å². The van der Waals surface area contributed by atoms with Crippen LogP contribution in [-0.4, -0.2) is 38.4 Å². The lowest BCUT2D eigenvalue weighted by Gasteiger charge is -2.08. The molecule has 5 heteroatoms. The molecule has 17 heavy (non-hydrogen) atoms. The van der Waals surface area contributed by atoms with Gasteiger partial charge < -0.3 is 14.2 Å². The Kier molecular flexibility index (Phi) is 9.43. The normalized spacial score (nSPS) is 13.9. The second-order valence-corrected chi connectivity index (χ2v) is 3.55. The van der Waals surface area contributed by atoms with Crippen molar-refractivity contribution < 1.29 is 23.8 Å². The molecule has 1 fully saturated rings. The standard InChI is InChI=1S/C8H14O4.C4H8O/c1-4-11-7(9)6(3)8(10)12-5-2;1-2-4-5-3-1/h6H,4-5H2,1-3H3;1-4H2. The predicted molar refractivity (Wildman–Crippen MR) is 62.5 cm³/mol. The maximum Gasteiger partial charge on any atom is 0.320 e. The van der Waals surface area contributed by atoms with Gasteiger partial charge in [0.1, 0.15) is 0 Å². The van der Waals surface area contributed by atoms with Gasteiger partial charge in [-0.05, 0) is 33.6 Å². The molecular weight excluding hydrogens is 224 g/mol. The first kappa shape index (κ1) is 15.9. The second-order valence-electron chi connectivity index (χ2n) is 3.55. The summed E-state index contributed by atoms with van der Waals surface area (Å²) >= 11 is 0. The maximum absolute atomic E-state index is 10.9. The van der Waals surface area contributed by atoms with Gasteiger partial charge in [0.05, 0.1) is 13.2 Å². The molecule has 0 N–H and O–H groups in total. The maximum atomic E-state index is 10.9. The van der Waals surface area contributed by atoms with Crippen LogP contribution in [0.25, 0.3) is 0 Å². The number of carbonyl (C=O) groups is 2. The summed E-state index contributed by atoms with van der Waals surface area (Å²) in [6.45, 7) is 7.41. The van der Waals surface area contributed by atoms with Crippen LogP contribution in [0.2, 0.25) is 0 Å². The van der Waals surface area contributed by atoms with Crippen LogP contribution in [0, 0.1) is 5.92 Å². The topological polar surface area (TPSA) is 61.8 Å². The average molecular weight is 246 g/mol. The summed E-state index contributed by atoms with van der Waals surface area (Å²) in [6.07, 6.45) is 2.56. The minimum absolute atomic E-state index is 0.280. The van der Waals surface area contributed by atoms with E-state index in [1.807, 2.05) is 0 Å². The van der Waals surface area contributed by atoms with Crippen molar-refractivity contribution in [3.8, 4) is 0 Å². The molecule has 0 aromatic heterocycles. The quantitative estimate of drug-likeness (QED) is 0.556. The fourth-order valence-electron chi connectivity index (χ4n) is 1.14. The molecule has 0 radical (unpaired) electrons. The molecule has 1 saturated heterocycles. The first-order valence-electron chi connectivity index (χ1n) is 6.04. The average Bonchev–Trinajstić information content (AvgIpc) is 2.87. The Balaban J connectivity index is 0.000000419. The Bertz CT molecular complexity index is 197. The Morgan fingerprint density at radius 3 is 1.71 bits per heavy atom. The molecule has 0 aliphatic carbocycles. The van der Waals surface area contributed by atoms with Crippen LogP contribution in [0.1, 0.15) is 33.6 Å². The van der Waals surface area contributed by atoms with Gasteiger partial charge in [-0.15, -0.1) is 0 Å². The van der Waals surface area contributed by atoms with Crippen molar-refractivity contribution >= 4 is 11.9 Å². The number of carbonyl (C=O) groups excluding carboxylic acids is 2. The number of rotatable bonds is 4. The first-order valence-corrected chi connectivity index (χ1v) is 6.04. The van der Waals surface area contributed by atoms with E-state index in [9.17, 15) is 9.59 Å². The molecule has 5 nitrogen and oxygen atoms in total. The molecule has 0 spiro atoms. The van der Waals surface area contributed by atoms with Gasteiger partial charge in [-0.2, -0.15) is 0 Å².